The lowest BCUT2D eigenvalue weighted by molar-refractivity contribution is -0.126. The molecule has 1 saturated heterocycles. The van der Waals surface area contributed by atoms with Crippen molar-refractivity contribution in [1.29, 1.82) is 0 Å². The van der Waals surface area contributed by atoms with Crippen molar-refractivity contribution in [2.45, 2.75) is 19.4 Å². The Labute approximate surface area is 99.0 Å². The van der Waals surface area contributed by atoms with E-state index in [0.717, 1.165) is 6.42 Å². The fourth-order valence-electron chi connectivity index (χ4n) is 1.71. The average Bonchev–Trinajstić information content (AvgIpc) is 2.64. The first-order valence-electron chi connectivity index (χ1n) is 5.22. The molecule has 2 atom stereocenters. The highest BCUT2D eigenvalue weighted by molar-refractivity contribution is 6.29. The molecule has 1 amide bonds. The van der Waals surface area contributed by atoms with E-state index in [4.69, 9.17) is 16.3 Å². The molecule has 5 heteroatoms. The van der Waals surface area contributed by atoms with Crippen molar-refractivity contribution in [2.24, 2.45) is 5.92 Å². The molecule has 0 aliphatic carbocycles. The highest BCUT2D eigenvalue weighted by Gasteiger charge is 2.30. The summed E-state index contributed by atoms with van der Waals surface area (Å²) in [6.07, 6.45) is 0.543. The van der Waals surface area contributed by atoms with Crippen LogP contribution in [0.3, 0.4) is 0 Å². The molecule has 2 heterocycles. The van der Waals surface area contributed by atoms with Gasteiger partial charge in [-0.05, 0) is 24.5 Å². The Hall–Kier alpha value is -1.13. The van der Waals surface area contributed by atoms with Gasteiger partial charge in [-0.25, -0.2) is 4.98 Å². The molecule has 2 rings (SSSR count). The smallest absolute Gasteiger partial charge is 0.254 e. The van der Waals surface area contributed by atoms with Crippen LogP contribution >= 0.6 is 11.6 Å². The highest BCUT2D eigenvalue weighted by atomic mass is 35.5. The van der Waals surface area contributed by atoms with Gasteiger partial charge in [0.2, 0.25) is 0 Å². The summed E-state index contributed by atoms with van der Waals surface area (Å²) < 4.78 is 5.36. The van der Waals surface area contributed by atoms with E-state index in [-0.39, 0.29) is 17.9 Å². The number of carbonyl (C=O) groups is 1. The predicted octanol–water partition coefficient (Wildman–Crippen LogP) is 2.10. The molecule has 1 aromatic heterocycles. The second kappa shape index (κ2) is 4.80. The number of hydrogen-bond acceptors (Lipinski definition) is 3. The third kappa shape index (κ3) is 2.51. The average molecular weight is 241 g/mol. The Morgan fingerprint density at radius 1 is 1.62 bits per heavy atom. The molecule has 1 N–H and O–H groups in total. The number of carbonyl (C=O) groups excluding carboxylic acids is 1. The molecule has 86 valence electrons. The molecule has 0 radical (unpaired) electrons. The van der Waals surface area contributed by atoms with Gasteiger partial charge in [0.15, 0.2) is 0 Å². The quantitative estimate of drug-likeness (QED) is 0.806. The number of nitrogens with one attached hydrogen (secondary N) is 1. The Kier molecular flexibility index (Phi) is 3.41. The normalized spacial score (nSPS) is 24.4. The van der Waals surface area contributed by atoms with E-state index >= 15 is 0 Å². The molecule has 0 spiro atoms. The molecule has 4 nitrogen and oxygen atoms in total. The van der Waals surface area contributed by atoms with Gasteiger partial charge in [0.05, 0.1) is 0 Å². The zero-order chi connectivity index (χ0) is 11.5. The van der Waals surface area contributed by atoms with E-state index in [0.29, 0.717) is 17.6 Å². The van der Waals surface area contributed by atoms with Crippen LogP contribution in [0.5, 0.6) is 0 Å². The van der Waals surface area contributed by atoms with Crippen molar-refractivity contribution in [3.8, 4) is 0 Å². The maximum atomic E-state index is 11.8. The maximum absolute atomic E-state index is 11.8. The third-order valence-corrected chi connectivity index (χ3v) is 2.82. The lowest BCUT2D eigenvalue weighted by Crippen LogP contribution is -2.31. The SMILES string of the molecule is CC1CCOC1C(=O)Nc1cccc(Cl)n1. The lowest BCUT2D eigenvalue weighted by Gasteiger charge is -2.13. The molecular weight excluding hydrogens is 228 g/mol. The molecule has 0 aromatic carbocycles. The summed E-state index contributed by atoms with van der Waals surface area (Å²) in [6, 6.07) is 5.10. The number of amides is 1. The van der Waals surface area contributed by atoms with Crippen LogP contribution in [0.2, 0.25) is 5.15 Å². The van der Waals surface area contributed by atoms with Gasteiger partial charge in [0.25, 0.3) is 5.91 Å². The van der Waals surface area contributed by atoms with E-state index < -0.39 is 0 Å². The minimum atomic E-state index is -0.374. The molecule has 1 aliphatic heterocycles. The number of hydrogen-bond donors (Lipinski definition) is 1. The van der Waals surface area contributed by atoms with Crippen LogP contribution in [0, 0.1) is 5.92 Å². The fraction of sp³-hybridized carbons (Fsp3) is 0.455. The number of anilines is 1. The number of aromatic nitrogens is 1. The monoisotopic (exact) mass is 240 g/mol. The largest absolute Gasteiger partial charge is 0.368 e. The number of nitrogens with zero attached hydrogens (tertiary/aromatic N) is 1. The third-order valence-electron chi connectivity index (χ3n) is 2.61. The molecule has 0 saturated carbocycles. The predicted molar refractivity (Wildman–Crippen MR) is 61.4 cm³/mol. The molecule has 2 unspecified atom stereocenters. The summed E-state index contributed by atoms with van der Waals surface area (Å²) in [5.41, 5.74) is 0. The number of rotatable bonds is 2. The van der Waals surface area contributed by atoms with Crippen molar-refractivity contribution in [3.63, 3.8) is 0 Å². The molecule has 1 aromatic rings. The molecule has 0 bridgehead atoms. The first kappa shape index (κ1) is 11.4. The zero-order valence-corrected chi connectivity index (χ0v) is 9.70. The Balaban J connectivity index is 2.02. The van der Waals surface area contributed by atoms with Gasteiger partial charge < -0.3 is 10.1 Å². The van der Waals surface area contributed by atoms with E-state index in [9.17, 15) is 4.79 Å². The van der Waals surface area contributed by atoms with E-state index in [1.54, 1.807) is 18.2 Å². The van der Waals surface area contributed by atoms with Crippen molar-refractivity contribution in [3.05, 3.63) is 23.4 Å². The van der Waals surface area contributed by atoms with Crippen molar-refractivity contribution >= 4 is 23.3 Å². The van der Waals surface area contributed by atoms with Crippen molar-refractivity contribution in [1.82, 2.24) is 4.98 Å². The Morgan fingerprint density at radius 2 is 2.44 bits per heavy atom. The summed E-state index contributed by atoms with van der Waals surface area (Å²) in [4.78, 5) is 15.8. The topological polar surface area (TPSA) is 51.2 Å². The minimum Gasteiger partial charge on any atom is -0.368 e. The summed E-state index contributed by atoms with van der Waals surface area (Å²) in [5, 5.41) is 3.06. The Bertz CT molecular complexity index is 397. The summed E-state index contributed by atoms with van der Waals surface area (Å²) in [7, 11) is 0. The highest BCUT2D eigenvalue weighted by Crippen LogP contribution is 2.21. The van der Waals surface area contributed by atoms with Crippen LogP contribution in [0.15, 0.2) is 18.2 Å². The number of ether oxygens (including phenoxy) is 1. The van der Waals surface area contributed by atoms with Gasteiger partial charge in [0, 0.05) is 6.61 Å². The summed E-state index contributed by atoms with van der Waals surface area (Å²) in [6.45, 7) is 2.64. The van der Waals surface area contributed by atoms with E-state index in [2.05, 4.69) is 10.3 Å². The van der Waals surface area contributed by atoms with Crippen LogP contribution < -0.4 is 5.32 Å². The van der Waals surface area contributed by atoms with Crippen molar-refractivity contribution in [2.75, 3.05) is 11.9 Å². The van der Waals surface area contributed by atoms with Gasteiger partial charge in [-0.3, -0.25) is 4.79 Å². The van der Waals surface area contributed by atoms with Crippen LogP contribution in [0.4, 0.5) is 5.82 Å². The van der Waals surface area contributed by atoms with Crippen molar-refractivity contribution < 1.29 is 9.53 Å². The van der Waals surface area contributed by atoms with Gasteiger partial charge in [-0.15, -0.1) is 0 Å². The second-order valence-electron chi connectivity index (χ2n) is 3.89. The van der Waals surface area contributed by atoms with Crippen LogP contribution in [0.25, 0.3) is 0 Å². The van der Waals surface area contributed by atoms with Crippen LogP contribution in [-0.4, -0.2) is 23.6 Å². The number of halogens is 1. The standard InChI is InChI=1S/C11H13ClN2O2/c1-7-5-6-16-10(7)11(15)14-9-4-2-3-8(12)13-9/h2-4,7,10H,5-6H2,1H3,(H,13,14,15). The van der Waals surface area contributed by atoms with Crippen LogP contribution in [-0.2, 0) is 9.53 Å². The second-order valence-corrected chi connectivity index (χ2v) is 4.28. The molecule has 1 fully saturated rings. The minimum absolute atomic E-state index is 0.153. The van der Waals surface area contributed by atoms with Gasteiger partial charge in [-0.1, -0.05) is 24.6 Å². The molecule has 1 aliphatic rings. The van der Waals surface area contributed by atoms with Gasteiger partial charge in [0.1, 0.15) is 17.1 Å². The summed E-state index contributed by atoms with van der Waals surface area (Å²) in [5.74, 6) is 0.555. The summed E-state index contributed by atoms with van der Waals surface area (Å²) >= 11 is 5.72. The maximum Gasteiger partial charge on any atom is 0.254 e. The van der Waals surface area contributed by atoms with Crippen LogP contribution in [0.1, 0.15) is 13.3 Å². The lowest BCUT2D eigenvalue weighted by atomic mass is 10.0. The molecule has 16 heavy (non-hydrogen) atoms. The zero-order valence-electron chi connectivity index (χ0n) is 8.94. The Morgan fingerprint density at radius 3 is 3.06 bits per heavy atom. The van der Waals surface area contributed by atoms with Gasteiger partial charge >= 0.3 is 0 Å². The first-order valence-corrected chi connectivity index (χ1v) is 5.59. The first-order chi connectivity index (χ1) is 7.66. The van der Waals surface area contributed by atoms with E-state index in [1.807, 2.05) is 6.92 Å². The molecular formula is C11H13ClN2O2. The fourth-order valence-corrected chi connectivity index (χ4v) is 1.87. The number of pyridine rings is 1. The van der Waals surface area contributed by atoms with Gasteiger partial charge in [-0.2, -0.15) is 0 Å². The van der Waals surface area contributed by atoms with E-state index in [1.165, 1.54) is 0 Å².